The Morgan fingerprint density at radius 3 is 1.39 bits per heavy atom. The van der Waals surface area contributed by atoms with Gasteiger partial charge in [-0.25, -0.2) is 9.59 Å². The number of carbonyl (C=O) groups is 2. The van der Waals surface area contributed by atoms with Gasteiger partial charge in [0.2, 0.25) is 6.79 Å². The number of hydrogen-bond acceptors (Lipinski definition) is 6. The van der Waals surface area contributed by atoms with Gasteiger partial charge in [0.25, 0.3) is 0 Å². The number of hydrogen-bond donors (Lipinski definition) is 0. The topological polar surface area (TPSA) is 65.1 Å². The molecule has 44 heavy (non-hydrogen) atoms. The molecule has 5 rings (SSSR count). The summed E-state index contributed by atoms with van der Waals surface area (Å²) in [6, 6.07) is 40.2. The Morgan fingerprint density at radius 1 is 0.568 bits per heavy atom. The van der Waals surface area contributed by atoms with E-state index in [1.165, 1.54) is 5.56 Å². The third-order valence-corrected chi connectivity index (χ3v) is 6.90. The molecule has 0 aliphatic carbocycles. The van der Waals surface area contributed by atoms with E-state index in [-0.39, 0.29) is 6.79 Å². The number of benzene rings is 5. The lowest BCUT2D eigenvalue weighted by Crippen LogP contribution is -2.09. The SMILES string of the molecule is C=CC(=O)OCOc1ccc(-c2ccc(N(c3ccc(C)cc3)c3ccc(-c4ccc(OC(=O)C=C)cc4)cc3)cc2)cc1. The molecule has 6 nitrogen and oxygen atoms in total. The predicted molar refractivity (Wildman–Crippen MR) is 174 cm³/mol. The van der Waals surface area contributed by atoms with Gasteiger partial charge in [-0.15, -0.1) is 0 Å². The number of carbonyl (C=O) groups excluding carboxylic acids is 2. The van der Waals surface area contributed by atoms with E-state index in [0.29, 0.717) is 11.5 Å². The molecule has 0 saturated heterocycles. The van der Waals surface area contributed by atoms with E-state index in [1.54, 1.807) is 12.1 Å². The average Bonchev–Trinajstić information content (AvgIpc) is 3.07. The van der Waals surface area contributed by atoms with Crippen LogP contribution in [-0.4, -0.2) is 18.7 Å². The molecule has 0 atom stereocenters. The van der Waals surface area contributed by atoms with Crippen LogP contribution in [0.5, 0.6) is 11.5 Å². The third-order valence-electron chi connectivity index (χ3n) is 6.90. The van der Waals surface area contributed by atoms with Crippen LogP contribution < -0.4 is 14.4 Å². The molecule has 6 heteroatoms. The van der Waals surface area contributed by atoms with Crippen molar-refractivity contribution >= 4 is 29.0 Å². The van der Waals surface area contributed by atoms with Gasteiger partial charge in [-0.05, 0) is 89.8 Å². The first-order valence-electron chi connectivity index (χ1n) is 14.0. The van der Waals surface area contributed by atoms with Crippen LogP contribution in [0.1, 0.15) is 5.56 Å². The zero-order valence-electron chi connectivity index (χ0n) is 24.3. The maximum absolute atomic E-state index is 11.5. The van der Waals surface area contributed by atoms with E-state index in [2.05, 4.69) is 97.8 Å². The number of aryl methyl sites for hydroxylation is 1. The van der Waals surface area contributed by atoms with Gasteiger partial charge in [0.05, 0.1) is 0 Å². The van der Waals surface area contributed by atoms with E-state index >= 15 is 0 Å². The van der Waals surface area contributed by atoms with E-state index in [4.69, 9.17) is 14.2 Å². The Balaban J connectivity index is 1.36. The molecule has 0 N–H and O–H groups in total. The standard InChI is InChI=1S/C38H31NO5/c1-4-37(40)43-26-42-35-22-12-30(13-23-35)28-8-18-33(19-9-28)39(32-16-6-27(3)7-17-32)34-20-10-29(11-21-34)31-14-24-36(25-15-31)44-38(41)5-2/h4-25H,1-2,26H2,3H3. The number of esters is 2. The number of anilines is 3. The zero-order chi connectivity index (χ0) is 30.9. The molecule has 218 valence electrons. The molecule has 0 amide bonds. The normalized spacial score (nSPS) is 10.4. The number of ether oxygens (including phenoxy) is 3. The van der Waals surface area contributed by atoms with Gasteiger partial charge in [0.15, 0.2) is 0 Å². The highest BCUT2D eigenvalue weighted by molar-refractivity contribution is 5.84. The summed E-state index contributed by atoms with van der Waals surface area (Å²) in [4.78, 5) is 24.9. The quantitative estimate of drug-likeness (QED) is 0.0671. The molecule has 0 aliphatic rings. The molecule has 5 aromatic carbocycles. The Labute approximate surface area is 257 Å². The van der Waals surface area contributed by atoms with Crippen molar-refractivity contribution in [2.24, 2.45) is 0 Å². The van der Waals surface area contributed by atoms with Crippen LogP contribution in [0, 0.1) is 6.92 Å². The Hall–Kier alpha value is -5.88. The third kappa shape index (κ3) is 7.30. The van der Waals surface area contributed by atoms with Crippen LogP contribution in [-0.2, 0) is 14.3 Å². The van der Waals surface area contributed by atoms with Crippen LogP contribution in [0.4, 0.5) is 17.1 Å². The van der Waals surface area contributed by atoms with Gasteiger partial charge in [0, 0.05) is 29.2 Å². The minimum absolute atomic E-state index is 0.172. The largest absolute Gasteiger partial charge is 0.457 e. The fourth-order valence-corrected chi connectivity index (χ4v) is 4.58. The molecule has 0 aliphatic heterocycles. The summed E-state index contributed by atoms with van der Waals surface area (Å²) < 4.78 is 15.5. The summed E-state index contributed by atoms with van der Waals surface area (Å²) in [5, 5.41) is 0. The van der Waals surface area contributed by atoms with Gasteiger partial charge in [-0.2, -0.15) is 0 Å². The molecule has 0 saturated carbocycles. The lowest BCUT2D eigenvalue weighted by atomic mass is 10.0. The van der Waals surface area contributed by atoms with E-state index in [0.717, 1.165) is 51.5 Å². The minimum atomic E-state index is -0.530. The Morgan fingerprint density at radius 2 is 0.955 bits per heavy atom. The van der Waals surface area contributed by atoms with Gasteiger partial charge in [-0.3, -0.25) is 0 Å². The van der Waals surface area contributed by atoms with Crippen molar-refractivity contribution in [3.63, 3.8) is 0 Å². The predicted octanol–water partition coefficient (Wildman–Crippen LogP) is 8.96. The fraction of sp³-hybridized carbons (Fsp3) is 0.0526. The summed E-state index contributed by atoms with van der Waals surface area (Å²) in [5.41, 5.74) is 8.40. The van der Waals surface area contributed by atoms with Gasteiger partial charge in [-0.1, -0.05) is 79.4 Å². The van der Waals surface area contributed by atoms with Gasteiger partial charge in [0.1, 0.15) is 11.5 Å². The molecular weight excluding hydrogens is 550 g/mol. The number of nitrogens with zero attached hydrogens (tertiary/aromatic N) is 1. The van der Waals surface area contributed by atoms with Crippen molar-refractivity contribution in [1.82, 2.24) is 0 Å². The molecule has 0 radical (unpaired) electrons. The van der Waals surface area contributed by atoms with Crippen molar-refractivity contribution in [3.05, 3.63) is 152 Å². The van der Waals surface area contributed by atoms with Crippen molar-refractivity contribution in [2.45, 2.75) is 6.92 Å². The first-order chi connectivity index (χ1) is 21.4. The van der Waals surface area contributed by atoms with Crippen LogP contribution in [0.15, 0.2) is 147 Å². The van der Waals surface area contributed by atoms with Crippen LogP contribution in [0.3, 0.4) is 0 Å². The minimum Gasteiger partial charge on any atom is -0.457 e. The highest BCUT2D eigenvalue weighted by atomic mass is 16.7. The first kappa shape index (κ1) is 29.6. The molecule has 0 heterocycles. The van der Waals surface area contributed by atoms with Crippen molar-refractivity contribution in [1.29, 1.82) is 0 Å². The fourth-order valence-electron chi connectivity index (χ4n) is 4.58. The first-order valence-corrected chi connectivity index (χ1v) is 14.0. The molecular formula is C38H31NO5. The highest BCUT2D eigenvalue weighted by Crippen LogP contribution is 2.37. The smallest absolute Gasteiger partial charge is 0.335 e. The highest BCUT2D eigenvalue weighted by Gasteiger charge is 2.13. The van der Waals surface area contributed by atoms with Crippen molar-refractivity contribution in [3.8, 4) is 33.8 Å². The Bertz CT molecular complexity index is 1740. The van der Waals surface area contributed by atoms with Gasteiger partial charge < -0.3 is 19.1 Å². The summed E-state index contributed by atoms with van der Waals surface area (Å²) in [5.74, 6) is 0.0558. The van der Waals surface area contributed by atoms with Crippen LogP contribution in [0.25, 0.3) is 22.3 Å². The van der Waals surface area contributed by atoms with E-state index in [1.807, 2.05) is 36.4 Å². The summed E-state index contributed by atoms with van der Waals surface area (Å²) in [6.45, 7) is 8.70. The molecule has 0 fully saturated rings. The molecule has 0 spiro atoms. The lowest BCUT2D eigenvalue weighted by Gasteiger charge is -2.26. The maximum Gasteiger partial charge on any atom is 0.335 e. The molecule has 0 bridgehead atoms. The van der Waals surface area contributed by atoms with Crippen molar-refractivity contribution < 1.29 is 23.8 Å². The average molecular weight is 582 g/mol. The van der Waals surface area contributed by atoms with E-state index < -0.39 is 11.9 Å². The monoisotopic (exact) mass is 581 g/mol. The lowest BCUT2D eigenvalue weighted by molar-refractivity contribution is -0.144. The Kier molecular flexibility index (Phi) is 9.32. The summed E-state index contributed by atoms with van der Waals surface area (Å²) in [7, 11) is 0. The van der Waals surface area contributed by atoms with E-state index in [9.17, 15) is 9.59 Å². The second-order valence-corrected chi connectivity index (χ2v) is 9.87. The molecule has 5 aromatic rings. The zero-order valence-corrected chi connectivity index (χ0v) is 24.3. The summed E-state index contributed by atoms with van der Waals surface area (Å²) in [6.07, 6.45) is 2.24. The van der Waals surface area contributed by atoms with Crippen LogP contribution in [0.2, 0.25) is 0 Å². The van der Waals surface area contributed by atoms with Gasteiger partial charge >= 0.3 is 11.9 Å². The molecule has 0 aromatic heterocycles. The second-order valence-electron chi connectivity index (χ2n) is 9.87. The molecule has 0 unspecified atom stereocenters. The number of rotatable bonds is 11. The second kappa shape index (κ2) is 13.9. The maximum atomic E-state index is 11.5. The van der Waals surface area contributed by atoms with Crippen LogP contribution >= 0.6 is 0 Å². The van der Waals surface area contributed by atoms with Crippen molar-refractivity contribution in [2.75, 3.05) is 11.7 Å². The summed E-state index contributed by atoms with van der Waals surface area (Å²) >= 11 is 0.